The van der Waals surface area contributed by atoms with Crippen LogP contribution in [-0.4, -0.2) is 56.1 Å². The molecule has 2 aliphatic rings. The monoisotopic (exact) mass is 430 g/mol. The van der Waals surface area contributed by atoms with Gasteiger partial charge >= 0.3 is 0 Å². The Bertz CT molecular complexity index is 1240. The maximum absolute atomic E-state index is 11.1. The second-order valence-electron chi connectivity index (χ2n) is 8.58. The van der Waals surface area contributed by atoms with Gasteiger partial charge in [-0.05, 0) is 28.8 Å². The van der Waals surface area contributed by atoms with Gasteiger partial charge in [0.1, 0.15) is 11.4 Å². The Morgan fingerprint density at radius 1 is 1.06 bits per heavy atom. The maximum atomic E-state index is 11.1. The van der Waals surface area contributed by atoms with Gasteiger partial charge in [0.15, 0.2) is 11.6 Å². The number of hydrogen-bond acceptors (Lipinski definition) is 6. The van der Waals surface area contributed by atoms with E-state index in [2.05, 4.69) is 44.6 Å². The number of nitrogens with one attached hydrogen (secondary N) is 2. The number of aromatic nitrogens is 4. The summed E-state index contributed by atoms with van der Waals surface area (Å²) in [6.07, 6.45) is 0. The highest BCUT2D eigenvalue weighted by molar-refractivity contribution is 5.83. The second-order valence-corrected chi connectivity index (χ2v) is 8.58. The number of rotatable bonds is 4. The minimum atomic E-state index is 0.140. The predicted molar refractivity (Wildman–Crippen MR) is 122 cm³/mol. The number of morpholine rings is 1. The van der Waals surface area contributed by atoms with Crippen LogP contribution in [0.15, 0.2) is 36.4 Å². The first-order valence-corrected chi connectivity index (χ1v) is 11.0. The Kier molecular flexibility index (Phi) is 4.71. The molecule has 0 radical (unpaired) electrons. The summed E-state index contributed by atoms with van der Waals surface area (Å²) in [6, 6.07) is 12.5. The summed E-state index contributed by atoms with van der Waals surface area (Å²) in [6.45, 7) is 6.17. The van der Waals surface area contributed by atoms with E-state index in [0.29, 0.717) is 17.2 Å². The van der Waals surface area contributed by atoms with E-state index in [1.807, 2.05) is 19.2 Å². The highest BCUT2D eigenvalue weighted by Crippen LogP contribution is 2.37. The SMILES string of the molecule is Cn1nc(-c2ccc(CN3CCOCC3)cc2)c(O)c1-c1nc2cc3c(cc2[nH]1)CNC3. The molecule has 2 aromatic carbocycles. The summed E-state index contributed by atoms with van der Waals surface area (Å²) in [5, 5.41) is 19.0. The quantitative estimate of drug-likeness (QED) is 0.461. The van der Waals surface area contributed by atoms with E-state index in [-0.39, 0.29) is 5.75 Å². The molecular weight excluding hydrogens is 404 g/mol. The summed E-state index contributed by atoms with van der Waals surface area (Å²) < 4.78 is 7.12. The van der Waals surface area contributed by atoms with Gasteiger partial charge in [-0.15, -0.1) is 0 Å². The molecular formula is C24H26N6O2. The van der Waals surface area contributed by atoms with E-state index >= 15 is 0 Å². The number of aryl methyl sites for hydroxylation is 1. The van der Waals surface area contributed by atoms with Crippen LogP contribution in [0.3, 0.4) is 0 Å². The lowest BCUT2D eigenvalue weighted by molar-refractivity contribution is 0.0342. The molecule has 2 aromatic heterocycles. The lowest BCUT2D eigenvalue weighted by Gasteiger charge is -2.26. The van der Waals surface area contributed by atoms with E-state index in [4.69, 9.17) is 9.72 Å². The first-order chi connectivity index (χ1) is 15.7. The van der Waals surface area contributed by atoms with Crippen molar-refractivity contribution in [3.63, 3.8) is 0 Å². The lowest BCUT2D eigenvalue weighted by Crippen LogP contribution is -2.35. The first kappa shape index (κ1) is 19.5. The molecule has 164 valence electrons. The van der Waals surface area contributed by atoms with Crippen LogP contribution in [0.4, 0.5) is 0 Å². The fourth-order valence-electron chi connectivity index (χ4n) is 4.68. The number of aromatic amines is 1. The largest absolute Gasteiger partial charge is 0.504 e. The molecule has 0 bridgehead atoms. The zero-order valence-corrected chi connectivity index (χ0v) is 18.1. The van der Waals surface area contributed by atoms with E-state index in [1.165, 1.54) is 16.7 Å². The van der Waals surface area contributed by atoms with Crippen molar-refractivity contribution < 1.29 is 9.84 Å². The minimum Gasteiger partial charge on any atom is -0.504 e. The highest BCUT2D eigenvalue weighted by atomic mass is 16.5. The molecule has 2 aliphatic heterocycles. The molecule has 32 heavy (non-hydrogen) atoms. The van der Waals surface area contributed by atoms with Crippen molar-refractivity contribution in [2.24, 2.45) is 7.05 Å². The molecule has 8 nitrogen and oxygen atoms in total. The number of hydrogen-bond donors (Lipinski definition) is 3. The van der Waals surface area contributed by atoms with E-state index in [1.54, 1.807) is 4.68 Å². The molecule has 0 spiro atoms. The summed E-state index contributed by atoms with van der Waals surface area (Å²) in [5.74, 6) is 0.765. The van der Waals surface area contributed by atoms with Crippen molar-refractivity contribution in [1.29, 1.82) is 0 Å². The summed E-state index contributed by atoms with van der Waals surface area (Å²) in [5.41, 5.74) is 7.72. The Labute approximate surface area is 185 Å². The van der Waals surface area contributed by atoms with Gasteiger partial charge in [0.25, 0.3) is 0 Å². The average Bonchev–Trinajstić information content (AvgIpc) is 3.49. The molecule has 0 atom stereocenters. The van der Waals surface area contributed by atoms with Crippen molar-refractivity contribution in [2.45, 2.75) is 19.6 Å². The van der Waals surface area contributed by atoms with Gasteiger partial charge in [-0.25, -0.2) is 4.98 Å². The molecule has 0 unspecified atom stereocenters. The third kappa shape index (κ3) is 3.37. The van der Waals surface area contributed by atoms with Gasteiger partial charge < -0.3 is 20.1 Å². The molecule has 1 saturated heterocycles. The average molecular weight is 431 g/mol. The second kappa shape index (κ2) is 7.74. The first-order valence-electron chi connectivity index (χ1n) is 11.0. The Morgan fingerprint density at radius 3 is 2.59 bits per heavy atom. The van der Waals surface area contributed by atoms with Crippen molar-refractivity contribution >= 4 is 11.0 Å². The van der Waals surface area contributed by atoms with Gasteiger partial charge in [-0.2, -0.15) is 5.10 Å². The van der Waals surface area contributed by atoms with Crippen LogP contribution >= 0.6 is 0 Å². The van der Waals surface area contributed by atoms with Crippen LogP contribution in [0, 0.1) is 0 Å². The fraction of sp³-hybridized carbons (Fsp3) is 0.333. The van der Waals surface area contributed by atoms with Crippen LogP contribution in [0.5, 0.6) is 5.75 Å². The van der Waals surface area contributed by atoms with E-state index in [0.717, 1.165) is 62.5 Å². The maximum Gasteiger partial charge on any atom is 0.173 e. The number of aromatic hydroxyl groups is 1. The van der Waals surface area contributed by atoms with Crippen LogP contribution in [-0.2, 0) is 31.4 Å². The zero-order valence-electron chi connectivity index (χ0n) is 18.1. The molecule has 8 heteroatoms. The summed E-state index contributed by atoms with van der Waals surface area (Å²) >= 11 is 0. The fourth-order valence-corrected chi connectivity index (χ4v) is 4.68. The highest BCUT2D eigenvalue weighted by Gasteiger charge is 2.22. The summed E-state index contributed by atoms with van der Waals surface area (Å²) in [4.78, 5) is 10.5. The molecule has 6 rings (SSSR count). The Balaban J connectivity index is 1.30. The number of benzene rings is 2. The van der Waals surface area contributed by atoms with Gasteiger partial charge in [0.2, 0.25) is 0 Å². The molecule has 1 fully saturated rings. The van der Waals surface area contributed by atoms with Crippen molar-refractivity contribution in [3.05, 3.63) is 53.1 Å². The normalized spacial score (nSPS) is 16.7. The Hall–Kier alpha value is -3.20. The molecule has 0 aliphatic carbocycles. The van der Waals surface area contributed by atoms with Gasteiger partial charge in [-0.3, -0.25) is 9.58 Å². The third-order valence-corrected chi connectivity index (χ3v) is 6.42. The topological polar surface area (TPSA) is 91.2 Å². The summed E-state index contributed by atoms with van der Waals surface area (Å²) in [7, 11) is 1.84. The third-order valence-electron chi connectivity index (χ3n) is 6.42. The molecule has 4 aromatic rings. The van der Waals surface area contributed by atoms with Crippen LogP contribution in [0.25, 0.3) is 33.8 Å². The Morgan fingerprint density at radius 2 is 1.81 bits per heavy atom. The lowest BCUT2D eigenvalue weighted by atomic mass is 10.1. The zero-order chi connectivity index (χ0) is 21.7. The smallest absolute Gasteiger partial charge is 0.173 e. The number of nitrogens with zero attached hydrogens (tertiary/aromatic N) is 4. The van der Waals surface area contributed by atoms with Crippen molar-refractivity contribution in [3.8, 4) is 28.5 Å². The molecule has 3 N–H and O–H groups in total. The van der Waals surface area contributed by atoms with E-state index < -0.39 is 0 Å². The number of fused-ring (bicyclic) bond motifs is 2. The molecule has 0 amide bonds. The number of H-pyrrole nitrogens is 1. The van der Waals surface area contributed by atoms with Crippen molar-refractivity contribution in [2.75, 3.05) is 26.3 Å². The van der Waals surface area contributed by atoms with Gasteiger partial charge in [0, 0.05) is 45.3 Å². The number of imidazole rings is 1. The van der Waals surface area contributed by atoms with Crippen LogP contribution in [0.1, 0.15) is 16.7 Å². The molecule has 4 heterocycles. The van der Waals surface area contributed by atoms with Crippen LogP contribution in [0.2, 0.25) is 0 Å². The predicted octanol–water partition coefficient (Wildman–Crippen LogP) is 2.77. The molecule has 0 saturated carbocycles. The van der Waals surface area contributed by atoms with E-state index in [9.17, 15) is 5.11 Å². The number of ether oxygens (including phenoxy) is 1. The van der Waals surface area contributed by atoms with Crippen molar-refractivity contribution in [1.82, 2.24) is 30.0 Å². The van der Waals surface area contributed by atoms with Crippen LogP contribution < -0.4 is 5.32 Å². The van der Waals surface area contributed by atoms with Gasteiger partial charge in [0.05, 0.1) is 24.2 Å². The van der Waals surface area contributed by atoms with Gasteiger partial charge in [-0.1, -0.05) is 24.3 Å². The minimum absolute atomic E-state index is 0.140. The standard InChI is InChI=1S/C24H26N6O2/c1-29-22(24-26-19-10-17-12-25-13-18(17)11-20(19)27-24)23(31)21(28-29)16-4-2-15(3-5-16)14-30-6-8-32-9-7-30/h2-5,10-11,25,31H,6-9,12-14H2,1H3,(H,26,27).